The summed E-state index contributed by atoms with van der Waals surface area (Å²) >= 11 is 0. The quantitative estimate of drug-likeness (QED) is 0.452. The van der Waals surface area contributed by atoms with Crippen molar-refractivity contribution in [3.8, 4) is 5.75 Å². The predicted molar refractivity (Wildman–Crippen MR) is 84.5 cm³/mol. The fourth-order valence-electron chi connectivity index (χ4n) is 2.08. The molecule has 6 heteroatoms. The lowest BCUT2D eigenvalue weighted by atomic mass is 10.1. The van der Waals surface area contributed by atoms with E-state index in [0.717, 1.165) is 0 Å². The second-order valence-electron chi connectivity index (χ2n) is 5.55. The molecule has 6 nitrogen and oxygen atoms in total. The summed E-state index contributed by atoms with van der Waals surface area (Å²) < 4.78 is 10.4. The monoisotopic (exact) mass is 319 g/mol. The molecule has 0 saturated heterocycles. The van der Waals surface area contributed by atoms with Gasteiger partial charge in [0.05, 0.1) is 18.9 Å². The van der Waals surface area contributed by atoms with E-state index in [1.54, 1.807) is 25.1 Å². The third-order valence-electron chi connectivity index (χ3n) is 3.39. The topological polar surface area (TPSA) is 81.7 Å². The molecule has 1 saturated carbocycles. The number of hydrogen-bond acceptors (Lipinski definition) is 5. The molecule has 0 aliphatic heterocycles. The van der Waals surface area contributed by atoms with Gasteiger partial charge in [-0.15, -0.1) is 0 Å². The van der Waals surface area contributed by atoms with Crippen molar-refractivity contribution in [1.82, 2.24) is 0 Å². The number of benzene rings is 1. The van der Waals surface area contributed by atoms with Crippen LogP contribution in [-0.2, 0) is 14.3 Å². The van der Waals surface area contributed by atoms with E-state index in [4.69, 9.17) is 9.47 Å². The van der Waals surface area contributed by atoms with Crippen LogP contribution in [0.5, 0.6) is 5.75 Å². The number of Topliss-reactive ketones (excluding diaryl/α,β-unsaturated/α-hetero) is 1. The number of amides is 1. The van der Waals surface area contributed by atoms with Crippen LogP contribution >= 0.6 is 0 Å². The second-order valence-corrected chi connectivity index (χ2v) is 5.55. The Morgan fingerprint density at radius 2 is 2.00 bits per heavy atom. The Balaban J connectivity index is 2.15. The summed E-state index contributed by atoms with van der Waals surface area (Å²) in [6.07, 6.45) is 1.96. The first-order valence-electron chi connectivity index (χ1n) is 7.72. The molecule has 1 aliphatic rings. The van der Waals surface area contributed by atoms with Gasteiger partial charge in [0.15, 0.2) is 5.78 Å². The summed E-state index contributed by atoms with van der Waals surface area (Å²) in [5, 5.41) is 2.60. The molecule has 0 atom stereocenters. The summed E-state index contributed by atoms with van der Waals surface area (Å²) in [4.78, 5) is 35.1. The number of ether oxygens (including phenoxy) is 2. The Kier molecular flexibility index (Phi) is 5.73. The average molecular weight is 319 g/mol. The molecule has 1 aromatic rings. The number of rotatable bonds is 8. The minimum atomic E-state index is -0.587. The molecule has 124 valence electrons. The zero-order chi connectivity index (χ0) is 16.8. The molecule has 2 rings (SSSR count). The van der Waals surface area contributed by atoms with Gasteiger partial charge in [0.1, 0.15) is 12.2 Å². The average Bonchev–Trinajstić information content (AvgIpc) is 3.30. The lowest BCUT2D eigenvalue weighted by Crippen LogP contribution is -2.15. The highest BCUT2D eigenvalue weighted by molar-refractivity contribution is 6.10. The molecule has 0 radical (unpaired) electrons. The Morgan fingerprint density at radius 3 is 2.61 bits per heavy atom. The van der Waals surface area contributed by atoms with Gasteiger partial charge in [-0.05, 0) is 43.9 Å². The summed E-state index contributed by atoms with van der Waals surface area (Å²) in [5.74, 6) is -0.150. The number of esters is 1. The Labute approximate surface area is 135 Å². The van der Waals surface area contributed by atoms with E-state index >= 15 is 0 Å². The van der Waals surface area contributed by atoms with Crippen LogP contribution < -0.4 is 10.1 Å². The number of carbonyl (C=O) groups excluding carboxylic acids is 3. The van der Waals surface area contributed by atoms with Crippen LogP contribution in [0.4, 0.5) is 5.69 Å². The van der Waals surface area contributed by atoms with Gasteiger partial charge in [-0.1, -0.05) is 0 Å². The molecule has 1 amide bonds. The highest BCUT2D eigenvalue weighted by Gasteiger charge is 2.23. The number of ketones is 1. The number of anilines is 1. The SMILES string of the molecule is CCOC(=O)CC(=O)c1cc(OCC2CC2)ccc1NC(C)=O. The van der Waals surface area contributed by atoms with E-state index in [2.05, 4.69) is 5.32 Å². The second kappa shape index (κ2) is 7.76. The fourth-order valence-corrected chi connectivity index (χ4v) is 2.08. The van der Waals surface area contributed by atoms with E-state index in [0.29, 0.717) is 24.0 Å². The van der Waals surface area contributed by atoms with E-state index < -0.39 is 11.8 Å². The number of hydrogen-bond donors (Lipinski definition) is 1. The van der Waals surface area contributed by atoms with Crippen LogP contribution in [0.2, 0.25) is 0 Å². The van der Waals surface area contributed by atoms with Crippen LogP contribution in [0, 0.1) is 5.92 Å². The third-order valence-corrected chi connectivity index (χ3v) is 3.39. The normalized spacial score (nSPS) is 13.3. The van der Waals surface area contributed by atoms with Crippen molar-refractivity contribution in [2.45, 2.75) is 33.1 Å². The van der Waals surface area contributed by atoms with Crippen LogP contribution in [-0.4, -0.2) is 30.9 Å². The summed E-state index contributed by atoms with van der Waals surface area (Å²) in [6.45, 7) is 3.87. The van der Waals surface area contributed by atoms with Crippen molar-refractivity contribution in [2.75, 3.05) is 18.5 Å². The first-order valence-corrected chi connectivity index (χ1v) is 7.72. The van der Waals surface area contributed by atoms with Crippen molar-refractivity contribution in [1.29, 1.82) is 0 Å². The van der Waals surface area contributed by atoms with Crippen LogP contribution in [0.1, 0.15) is 43.5 Å². The van der Waals surface area contributed by atoms with E-state index in [-0.39, 0.29) is 24.5 Å². The van der Waals surface area contributed by atoms with E-state index in [1.165, 1.54) is 19.8 Å². The van der Waals surface area contributed by atoms with Gasteiger partial charge in [0.2, 0.25) is 5.91 Å². The zero-order valence-corrected chi connectivity index (χ0v) is 13.4. The van der Waals surface area contributed by atoms with Crippen LogP contribution in [0.15, 0.2) is 18.2 Å². The first kappa shape index (κ1) is 17.0. The minimum absolute atomic E-state index is 0.217. The van der Waals surface area contributed by atoms with Crippen molar-refractivity contribution >= 4 is 23.3 Å². The van der Waals surface area contributed by atoms with Crippen molar-refractivity contribution < 1.29 is 23.9 Å². The molecule has 0 spiro atoms. The smallest absolute Gasteiger partial charge is 0.313 e. The van der Waals surface area contributed by atoms with Gasteiger partial charge in [-0.3, -0.25) is 14.4 Å². The highest BCUT2D eigenvalue weighted by Crippen LogP contribution is 2.30. The molecule has 1 aliphatic carbocycles. The lowest BCUT2D eigenvalue weighted by Gasteiger charge is -2.12. The summed E-state index contributed by atoms with van der Waals surface area (Å²) in [7, 11) is 0. The Bertz CT molecular complexity index is 607. The highest BCUT2D eigenvalue weighted by atomic mass is 16.5. The molecule has 1 aromatic carbocycles. The summed E-state index contributed by atoms with van der Waals surface area (Å²) in [6, 6.07) is 4.88. The molecule has 23 heavy (non-hydrogen) atoms. The van der Waals surface area contributed by atoms with Crippen LogP contribution in [0.3, 0.4) is 0 Å². The van der Waals surface area contributed by atoms with Gasteiger partial charge in [0, 0.05) is 12.5 Å². The molecular weight excluding hydrogens is 298 g/mol. The van der Waals surface area contributed by atoms with E-state index in [9.17, 15) is 14.4 Å². The van der Waals surface area contributed by atoms with Gasteiger partial charge in [0.25, 0.3) is 0 Å². The molecule has 0 aromatic heterocycles. The van der Waals surface area contributed by atoms with Crippen molar-refractivity contribution in [3.05, 3.63) is 23.8 Å². The number of carbonyl (C=O) groups is 3. The standard InChI is InChI=1S/C17H21NO5/c1-3-22-17(21)9-16(20)14-8-13(23-10-12-4-5-12)6-7-15(14)18-11(2)19/h6-8,12H,3-5,9-10H2,1-2H3,(H,18,19). The van der Waals surface area contributed by atoms with Gasteiger partial charge >= 0.3 is 5.97 Å². The maximum Gasteiger partial charge on any atom is 0.313 e. The Morgan fingerprint density at radius 1 is 1.26 bits per heavy atom. The predicted octanol–water partition coefficient (Wildman–Crippen LogP) is 2.57. The van der Waals surface area contributed by atoms with Gasteiger partial charge in [-0.2, -0.15) is 0 Å². The fraction of sp³-hybridized carbons (Fsp3) is 0.471. The molecule has 1 N–H and O–H groups in total. The van der Waals surface area contributed by atoms with Crippen LogP contribution in [0.25, 0.3) is 0 Å². The maximum absolute atomic E-state index is 12.3. The van der Waals surface area contributed by atoms with Crippen molar-refractivity contribution in [3.63, 3.8) is 0 Å². The summed E-state index contributed by atoms with van der Waals surface area (Å²) in [5.41, 5.74) is 0.618. The molecule has 0 bridgehead atoms. The van der Waals surface area contributed by atoms with Gasteiger partial charge < -0.3 is 14.8 Å². The lowest BCUT2D eigenvalue weighted by molar-refractivity contribution is -0.141. The first-order chi connectivity index (χ1) is 11.0. The Hall–Kier alpha value is -2.37. The number of nitrogens with one attached hydrogen (secondary N) is 1. The van der Waals surface area contributed by atoms with Crippen molar-refractivity contribution in [2.24, 2.45) is 5.92 Å². The third kappa shape index (κ3) is 5.39. The molecule has 1 fully saturated rings. The largest absolute Gasteiger partial charge is 0.493 e. The molecular formula is C17H21NO5. The molecule has 0 heterocycles. The molecule has 0 unspecified atom stereocenters. The zero-order valence-electron chi connectivity index (χ0n) is 13.4. The van der Waals surface area contributed by atoms with Gasteiger partial charge in [-0.25, -0.2) is 0 Å². The minimum Gasteiger partial charge on any atom is -0.493 e. The van der Waals surface area contributed by atoms with E-state index in [1.807, 2.05) is 0 Å². The maximum atomic E-state index is 12.3.